The molecule has 12 heteroatoms. The Kier molecular flexibility index (Phi) is 8.21. The number of nitrogens with one attached hydrogen (secondary N) is 1. The number of carbonyl (C=O) groups excluding carboxylic acids is 3. The molecular weight excluding hydrogens is 452 g/mol. The van der Waals surface area contributed by atoms with E-state index in [-0.39, 0.29) is 43.9 Å². The molecule has 1 aromatic heterocycles. The molecule has 2 aliphatic rings. The van der Waals surface area contributed by atoms with Gasteiger partial charge in [0.1, 0.15) is 0 Å². The van der Waals surface area contributed by atoms with Gasteiger partial charge in [-0.15, -0.1) is 0 Å². The fourth-order valence-electron chi connectivity index (χ4n) is 4.26. The number of halogens is 2. The largest absolute Gasteiger partial charge is 0.377 e. The third-order valence-electron chi connectivity index (χ3n) is 6.11. The monoisotopic (exact) mass is 485 g/mol. The minimum absolute atomic E-state index is 0.0849. The first kappa shape index (κ1) is 26.0. The van der Waals surface area contributed by atoms with Crippen molar-refractivity contribution in [1.29, 1.82) is 0 Å². The summed E-state index contributed by atoms with van der Waals surface area (Å²) >= 11 is 0. The van der Waals surface area contributed by atoms with Crippen LogP contribution in [0.3, 0.4) is 0 Å². The molecule has 0 bridgehead atoms. The van der Waals surface area contributed by atoms with Crippen molar-refractivity contribution >= 4 is 17.7 Å². The van der Waals surface area contributed by atoms with Crippen LogP contribution in [0.1, 0.15) is 75.3 Å². The average Bonchev–Trinajstić information content (AvgIpc) is 3.50. The van der Waals surface area contributed by atoms with Crippen molar-refractivity contribution in [3.05, 3.63) is 11.7 Å². The second kappa shape index (κ2) is 10.7. The summed E-state index contributed by atoms with van der Waals surface area (Å²) in [5.74, 6) is -5.79. The topological polar surface area (TPSA) is 141 Å². The molecule has 3 atom stereocenters. The Labute approximate surface area is 196 Å². The molecule has 34 heavy (non-hydrogen) atoms. The summed E-state index contributed by atoms with van der Waals surface area (Å²) < 4.78 is 40.1. The van der Waals surface area contributed by atoms with Crippen LogP contribution in [-0.2, 0) is 9.53 Å². The van der Waals surface area contributed by atoms with Crippen molar-refractivity contribution in [2.24, 2.45) is 17.6 Å². The van der Waals surface area contributed by atoms with Gasteiger partial charge in [-0.05, 0) is 25.2 Å². The van der Waals surface area contributed by atoms with Crippen molar-refractivity contribution in [2.45, 2.75) is 76.8 Å². The maximum atomic E-state index is 14.8. The van der Waals surface area contributed by atoms with E-state index in [0.717, 1.165) is 12.8 Å². The molecule has 1 aliphatic heterocycles. The highest BCUT2D eigenvalue weighted by atomic mass is 19.3. The molecule has 2 heterocycles. The van der Waals surface area contributed by atoms with Gasteiger partial charge in [-0.25, -0.2) is 13.6 Å². The standard InChI is InChI=1S/C22H33F2N5O5/c1-4-15(17(30)20-27-18(28-34-20)13-5-6-13)26-19(31)14(10-22(23,24)9-12(2)3)16-11-33-8-7-29(16)21(25)32/h12-16H,4-11H2,1-3H3,(H2,25,32)(H,26,31). The lowest BCUT2D eigenvalue weighted by Crippen LogP contribution is -2.58. The smallest absolute Gasteiger partial charge is 0.315 e. The maximum Gasteiger partial charge on any atom is 0.315 e. The molecule has 1 saturated carbocycles. The number of carbonyl (C=O) groups is 3. The molecule has 3 amide bonds. The van der Waals surface area contributed by atoms with E-state index < -0.39 is 54.5 Å². The van der Waals surface area contributed by atoms with Crippen LogP contribution in [0.2, 0.25) is 0 Å². The summed E-state index contributed by atoms with van der Waals surface area (Å²) in [6, 6.07) is -2.85. The zero-order chi connectivity index (χ0) is 25.0. The van der Waals surface area contributed by atoms with Crippen LogP contribution in [-0.4, -0.2) is 70.5 Å². The zero-order valence-corrected chi connectivity index (χ0v) is 19.8. The number of ketones is 1. The Hall–Kier alpha value is -2.63. The Balaban J connectivity index is 1.80. The number of primary amides is 1. The second-order valence-corrected chi connectivity index (χ2v) is 9.50. The van der Waals surface area contributed by atoms with E-state index in [1.807, 2.05) is 0 Å². The number of amides is 3. The van der Waals surface area contributed by atoms with Crippen molar-refractivity contribution in [2.75, 3.05) is 19.8 Å². The van der Waals surface area contributed by atoms with Gasteiger partial charge in [0.05, 0.1) is 31.2 Å². The lowest BCUT2D eigenvalue weighted by molar-refractivity contribution is -0.136. The number of urea groups is 1. The van der Waals surface area contributed by atoms with Gasteiger partial charge in [0.15, 0.2) is 5.82 Å². The third-order valence-corrected chi connectivity index (χ3v) is 6.11. The summed E-state index contributed by atoms with van der Waals surface area (Å²) in [5.41, 5.74) is 5.45. The van der Waals surface area contributed by atoms with Gasteiger partial charge >= 0.3 is 6.03 Å². The molecular formula is C22H33F2N5O5. The summed E-state index contributed by atoms with van der Waals surface area (Å²) in [7, 11) is 0. The molecule has 3 rings (SSSR count). The normalized spacial score (nSPS) is 20.8. The van der Waals surface area contributed by atoms with Gasteiger partial charge in [-0.3, -0.25) is 9.59 Å². The fraction of sp³-hybridized carbons (Fsp3) is 0.773. The Morgan fingerprint density at radius 1 is 1.26 bits per heavy atom. The van der Waals surface area contributed by atoms with Gasteiger partial charge in [0.2, 0.25) is 17.6 Å². The SMILES string of the molecule is CCC(NC(=O)C(CC(F)(F)CC(C)C)C1COCCN1C(N)=O)C(=O)c1nc(C2CC2)no1. The molecule has 1 aliphatic carbocycles. The van der Waals surface area contributed by atoms with Crippen LogP contribution in [0.4, 0.5) is 13.6 Å². The number of morpholine rings is 1. The van der Waals surface area contributed by atoms with Crippen LogP contribution in [0.5, 0.6) is 0 Å². The molecule has 3 N–H and O–H groups in total. The number of ether oxygens (including phenoxy) is 1. The number of hydrogen-bond donors (Lipinski definition) is 2. The average molecular weight is 486 g/mol. The highest BCUT2D eigenvalue weighted by Gasteiger charge is 2.44. The first-order chi connectivity index (χ1) is 16.0. The lowest BCUT2D eigenvalue weighted by Gasteiger charge is -2.40. The van der Waals surface area contributed by atoms with E-state index in [1.165, 1.54) is 4.90 Å². The molecule has 190 valence electrons. The van der Waals surface area contributed by atoms with Crippen molar-refractivity contribution in [1.82, 2.24) is 20.4 Å². The Morgan fingerprint density at radius 3 is 2.56 bits per heavy atom. The summed E-state index contributed by atoms with van der Waals surface area (Å²) in [6.45, 7) is 5.15. The first-order valence-corrected chi connectivity index (χ1v) is 11.7. The summed E-state index contributed by atoms with van der Waals surface area (Å²) in [4.78, 5) is 43.5. The molecule has 0 spiro atoms. The molecule has 3 unspecified atom stereocenters. The van der Waals surface area contributed by atoms with E-state index >= 15 is 0 Å². The van der Waals surface area contributed by atoms with Gasteiger partial charge < -0.3 is 25.2 Å². The molecule has 0 radical (unpaired) electrons. The summed E-state index contributed by atoms with van der Waals surface area (Å²) in [5, 5.41) is 6.38. The number of hydrogen-bond acceptors (Lipinski definition) is 7. The highest BCUT2D eigenvalue weighted by Crippen LogP contribution is 2.38. The minimum Gasteiger partial charge on any atom is -0.377 e. The number of aromatic nitrogens is 2. The number of nitrogens with two attached hydrogens (primary N) is 1. The Morgan fingerprint density at radius 2 is 1.97 bits per heavy atom. The molecule has 10 nitrogen and oxygen atoms in total. The molecule has 0 aromatic carbocycles. The first-order valence-electron chi connectivity index (χ1n) is 11.7. The number of rotatable bonds is 11. The van der Waals surface area contributed by atoms with Crippen LogP contribution in [0.15, 0.2) is 4.52 Å². The fourth-order valence-corrected chi connectivity index (χ4v) is 4.26. The molecule has 1 saturated heterocycles. The zero-order valence-electron chi connectivity index (χ0n) is 19.8. The van der Waals surface area contributed by atoms with Crippen LogP contribution in [0, 0.1) is 11.8 Å². The number of nitrogens with zero attached hydrogens (tertiary/aromatic N) is 3. The van der Waals surface area contributed by atoms with Crippen LogP contribution >= 0.6 is 0 Å². The predicted molar refractivity (Wildman–Crippen MR) is 116 cm³/mol. The van der Waals surface area contributed by atoms with Gasteiger partial charge in [-0.2, -0.15) is 4.98 Å². The van der Waals surface area contributed by atoms with E-state index in [9.17, 15) is 23.2 Å². The van der Waals surface area contributed by atoms with Gasteiger partial charge in [-0.1, -0.05) is 25.9 Å². The second-order valence-electron chi connectivity index (χ2n) is 9.50. The van der Waals surface area contributed by atoms with Gasteiger partial charge in [0.25, 0.3) is 5.89 Å². The van der Waals surface area contributed by atoms with Gasteiger partial charge in [0, 0.05) is 25.3 Å². The maximum absolute atomic E-state index is 14.8. The van der Waals surface area contributed by atoms with Crippen LogP contribution < -0.4 is 11.1 Å². The van der Waals surface area contributed by atoms with Crippen molar-refractivity contribution < 1.29 is 32.4 Å². The molecule has 1 aromatic rings. The highest BCUT2D eigenvalue weighted by molar-refractivity contribution is 5.98. The van der Waals surface area contributed by atoms with E-state index in [1.54, 1.807) is 20.8 Å². The third kappa shape index (κ3) is 6.49. The van der Waals surface area contributed by atoms with E-state index in [4.69, 9.17) is 15.0 Å². The minimum atomic E-state index is -3.17. The van der Waals surface area contributed by atoms with E-state index in [2.05, 4.69) is 15.5 Å². The molecule has 2 fully saturated rings. The summed E-state index contributed by atoms with van der Waals surface area (Å²) in [6.07, 6.45) is 0.788. The van der Waals surface area contributed by atoms with Crippen molar-refractivity contribution in [3.63, 3.8) is 0 Å². The number of alkyl halides is 2. The number of Topliss-reactive ketones (excluding diaryl/α,β-unsaturated/α-hetero) is 1. The quantitative estimate of drug-likeness (QED) is 0.459. The van der Waals surface area contributed by atoms with Crippen molar-refractivity contribution in [3.8, 4) is 0 Å². The lowest BCUT2D eigenvalue weighted by atomic mass is 9.87. The van der Waals surface area contributed by atoms with E-state index in [0.29, 0.717) is 5.82 Å². The predicted octanol–water partition coefficient (Wildman–Crippen LogP) is 2.49. The Bertz CT molecular complexity index is 889. The van der Waals surface area contributed by atoms with Crippen LogP contribution in [0.25, 0.3) is 0 Å².